The second-order valence-electron chi connectivity index (χ2n) is 5.13. The summed E-state index contributed by atoms with van der Waals surface area (Å²) in [5.74, 6) is 0. The molecule has 0 spiro atoms. The summed E-state index contributed by atoms with van der Waals surface area (Å²) >= 11 is 0. The zero-order valence-corrected chi connectivity index (χ0v) is 10.6. The van der Waals surface area contributed by atoms with Gasteiger partial charge in [0, 0.05) is 18.4 Å². The maximum atomic E-state index is 6.15. The van der Waals surface area contributed by atoms with Gasteiger partial charge in [-0.05, 0) is 53.3 Å². The van der Waals surface area contributed by atoms with Gasteiger partial charge in [0.1, 0.15) is 0 Å². The minimum absolute atomic E-state index is 0.202. The molecule has 1 unspecified atom stereocenters. The number of nitrogens with zero attached hydrogens (tertiary/aromatic N) is 2. The van der Waals surface area contributed by atoms with Crippen LogP contribution in [0.3, 0.4) is 0 Å². The Morgan fingerprint density at radius 1 is 1.21 bits per heavy atom. The van der Waals surface area contributed by atoms with Crippen molar-refractivity contribution in [1.29, 1.82) is 0 Å². The van der Waals surface area contributed by atoms with Crippen LogP contribution in [0.15, 0.2) is 48.8 Å². The second-order valence-corrected chi connectivity index (χ2v) is 5.13. The summed E-state index contributed by atoms with van der Waals surface area (Å²) < 4.78 is 1.89. The van der Waals surface area contributed by atoms with E-state index in [4.69, 9.17) is 5.73 Å². The van der Waals surface area contributed by atoms with Crippen LogP contribution < -0.4 is 5.73 Å². The highest BCUT2D eigenvalue weighted by molar-refractivity contribution is 5.73. The van der Waals surface area contributed by atoms with Crippen LogP contribution in [0.1, 0.15) is 23.6 Å². The van der Waals surface area contributed by atoms with Gasteiger partial charge >= 0.3 is 0 Å². The summed E-state index contributed by atoms with van der Waals surface area (Å²) in [6, 6.07) is 13.0. The summed E-state index contributed by atoms with van der Waals surface area (Å²) in [5, 5.41) is 4.23. The van der Waals surface area contributed by atoms with Crippen LogP contribution in [0, 0.1) is 0 Å². The number of aromatic nitrogens is 2. The molecule has 1 aliphatic rings. The van der Waals surface area contributed by atoms with Crippen molar-refractivity contribution in [2.75, 3.05) is 0 Å². The number of hydrogen-bond acceptors (Lipinski definition) is 2. The van der Waals surface area contributed by atoms with Gasteiger partial charge in [0.2, 0.25) is 0 Å². The fourth-order valence-corrected chi connectivity index (χ4v) is 3.05. The van der Waals surface area contributed by atoms with Gasteiger partial charge in [-0.25, -0.2) is 4.52 Å². The lowest BCUT2D eigenvalue weighted by molar-refractivity contribution is 0.713. The second kappa shape index (κ2) is 3.93. The first-order valence-electron chi connectivity index (χ1n) is 6.64. The minimum atomic E-state index is 0.202. The first-order valence-corrected chi connectivity index (χ1v) is 6.64. The Bertz CT molecular complexity index is 758. The Balaban J connectivity index is 1.92. The zero-order valence-electron chi connectivity index (χ0n) is 10.6. The molecule has 2 N–H and O–H groups in total. The van der Waals surface area contributed by atoms with E-state index >= 15 is 0 Å². The molecule has 0 amide bonds. The van der Waals surface area contributed by atoms with Gasteiger partial charge in [-0.15, -0.1) is 0 Å². The van der Waals surface area contributed by atoms with Crippen LogP contribution >= 0.6 is 0 Å². The summed E-state index contributed by atoms with van der Waals surface area (Å²) in [5.41, 5.74) is 12.6. The van der Waals surface area contributed by atoms with Crippen molar-refractivity contribution in [3.63, 3.8) is 0 Å². The van der Waals surface area contributed by atoms with Gasteiger partial charge < -0.3 is 5.73 Å². The molecule has 3 aromatic rings. The zero-order chi connectivity index (χ0) is 12.8. The molecule has 0 fully saturated rings. The molecular weight excluding hydrogens is 234 g/mol. The third-order valence-electron chi connectivity index (χ3n) is 4.03. The van der Waals surface area contributed by atoms with E-state index in [0.29, 0.717) is 0 Å². The van der Waals surface area contributed by atoms with Gasteiger partial charge in [-0.1, -0.05) is 18.2 Å². The Labute approximate surface area is 111 Å². The van der Waals surface area contributed by atoms with Crippen molar-refractivity contribution in [3.8, 4) is 11.1 Å². The van der Waals surface area contributed by atoms with Crippen LogP contribution in [-0.4, -0.2) is 9.61 Å². The molecule has 0 aliphatic heterocycles. The van der Waals surface area contributed by atoms with Crippen LogP contribution in [0.5, 0.6) is 0 Å². The average molecular weight is 249 g/mol. The molecule has 0 radical (unpaired) electrons. The molecule has 3 heteroatoms. The fraction of sp³-hybridized carbons (Fsp3) is 0.188. The predicted octanol–water partition coefficient (Wildman–Crippen LogP) is 2.95. The van der Waals surface area contributed by atoms with E-state index in [9.17, 15) is 0 Å². The molecular formula is C16H15N3. The fourth-order valence-electron chi connectivity index (χ4n) is 3.05. The monoisotopic (exact) mass is 249 g/mol. The van der Waals surface area contributed by atoms with Crippen molar-refractivity contribution in [3.05, 3.63) is 59.9 Å². The van der Waals surface area contributed by atoms with E-state index in [-0.39, 0.29) is 6.04 Å². The molecule has 0 bridgehead atoms. The number of nitrogens with two attached hydrogens (primary N) is 1. The van der Waals surface area contributed by atoms with E-state index in [2.05, 4.69) is 35.4 Å². The molecule has 4 rings (SSSR count). The van der Waals surface area contributed by atoms with Gasteiger partial charge in [0.15, 0.2) is 0 Å². The molecule has 1 atom stereocenters. The molecule has 1 aromatic carbocycles. The summed E-state index contributed by atoms with van der Waals surface area (Å²) in [6.07, 6.45) is 5.97. The third kappa shape index (κ3) is 1.59. The lowest BCUT2D eigenvalue weighted by atomic mass is 9.97. The predicted molar refractivity (Wildman–Crippen MR) is 75.9 cm³/mol. The molecule has 19 heavy (non-hydrogen) atoms. The van der Waals surface area contributed by atoms with Gasteiger partial charge in [0.25, 0.3) is 0 Å². The summed E-state index contributed by atoms with van der Waals surface area (Å²) in [4.78, 5) is 0. The van der Waals surface area contributed by atoms with Crippen LogP contribution in [0.4, 0.5) is 0 Å². The highest BCUT2D eigenvalue weighted by atomic mass is 15.2. The number of benzene rings is 1. The van der Waals surface area contributed by atoms with E-state index in [0.717, 1.165) is 18.4 Å². The number of hydrogen-bond donors (Lipinski definition) is 1. The number of rotatable bonds is 1. The van der Waals surface area contributed by atoms with Gasteiger partial charge in [-0.2, -0.15) is 5.10 Å². The molecule has 94 valence electrons. The molecule has 0 saturated heterocycles. The van der Waals surface area contributed by atoms with Crippen molar-refractivity contribution < 1.29 is 0 Å². The van der Waals surface area contributed by atoms with Crippen molar-refractivity contribution in [2.45, 2.75) is 18.9 Å². The molecule has 2 heterocycles. The normalized spacial score (nSPS) is 17.8. The number of fused-ring (bicyclic) bond motifs is 2. The molecule has 0 saturated carbocycles. The average Bonchev–Trinajstić information content (AvgIpc) is 3.05. The summed E-state index contributed by atoms with van der Waals surface area (Å²) in [7, 11) is 0. The quantitative estimate of drug-likeness (QED) is 0.720. The first kappa shape index (κ1) is 10.8. The van der Waals surface area contributed by atoms with Crippen LogP contribution in [-0.2, 0) is 6.42 Å². The highest BCUT2D eigenvalue weighted by Gasteiger charge is 2.21. The van der Waals surface area contributed by atoms with E-state index in [1.165, 1.54) is 22.3 Å². The van der Waals surface area contributed by atoms with Crippen molar-refractivity contribution in [1.82, 2.24) is 9.61 Å². The lowest BCUT2D eigenvalue weighted by Crippen LogP contribution is -2.04. The van der Waals surface area contributed by atoms with Crippen molar-refractivity contribution >= 4 is 5.52 Å². The van der Waals surface area contributed by atoms with Gasteiger partial charge in [-0.3, -0.25) is 0 Å². The van der Waals surface area contributed by atoms with E-state index in [1.54, 1.807) is 0 Å². The van der Waals surface area contributed by atoms with Gasteiger partial charge in [0.05, 0.1) is 5.52 Å². The van der Waals surface area contributed by atoms with E-state index < -0.39 is 0 Å². The van der Waals surface area contributed by atoms with Crippen molar-refractivity contribution in [2.24, 2.45) is 5.73 Å². The number of pyridine rings is 1. The van der Waals surface area contributed by atoms with Crippen LogP contribution in [0.2, 0.25) is 0 Å². The molecule has 3 nitrogen and oxygen atoms in total. The smallest absolute Gasteiger partial charge is 0.0667 e. The largest absolute Gasteiger partial charge is 0.324 e. The maximum Gasteiger partial charge on any atom is 0.0667 e. The topological polar surface area (TPSA) is 43.3 Å². The first-order chi connectivity index (χ1) is 9.33. The Hall–Kier alpha value is -2.13. The van der Waals surface area contributed by atoms with Crippen LogP contribution in [0.25, 0.3) is 16.6 Å². The molecule has 1 aliphatic carbocycles. The molecule has 2 aromatic heterocycles. The maximum absolute atomic E-state index is 6.15. The third-order valence-corrected chi connectivity index (χ3v) is 4.03. The van der Waals surface area contributed by atoms with E-state index in [1.807, 2.05) is 23.0 Å². The lowest BCUT2D eigenvalue weighted by Gasteiger charge is -2.10. The standard InChI is InChI=1S/C16H15N3/c17-16-5-4-14-13(2-1-3-15(14)16)11-7-9-19-12(10-11)6-8-18-19/h1-3,6-10,16H,4-5,17H2. The Morgan fingerprint density at radius 3 is 3.11 bits per heavy atom. The summed E-state index contributed by atoms with van der Waals surface area (Å²) in [6.45, 7) is 0. The minimum Gasteiger partial charge on any atom is -0.324 e. The highest BCUT2D eigenvalue weighted by Crippen LogP contribution is 2.36. The Kier molecular flexibility index (Phi) is 2.23. The SMILES string of the molecule is NC1CCc2c(-c3ccn4nccc4c3)cccc21. The Morgan fingerprint density at radius 2 is 2.16 bits per heavy atom.